The van der Waals surface area contributed by atoms with Gasteiger partial charge in [-0.2, -0.15) is 5.26 Å². The molecule has 0 saturated carbocycles. The Morgan fingerprint density at radius 1 is 1.17 bits per heavy atom. The van der Waals surface area contributed by atoms with Crippen molar-refractivity contribution in [3.05, 3.63) is 76.1 Å². The Hall–Kier alpha value is -3.70. The Bertz CT molecular complexity index is 1200. The van der Waals surface area contributed by atoms with Crippen LogP contribution in [-0.4, -0.2) is 24.6 Å². The van der Waals surface area contributed by atoms with E-state index < -0.39 is 5.91 Å². The number of aromatic nitrogens is 1. The molecular weight excluding hydrogens is 465 g/mol. The SMILES string of the molecule is CCCCCCOc1ccc(/C=C(\C#N)C(=O)Nc2ncc(Cc3ccc(F)cc3)s2)cc1OC. The summed E-state index contributed by atoms with van der Waals surface area (Å²) in [6.07, 6.45) is 8.16. The minimum absolute atomic E-state index is 0.0597. The molecule has 1 heterocycles. The van der Waals surface area contributed by atoms with Crippen LogP contribution in [0.25, 0.3) is 6.08 Å². The first-order valence-electron chi connectivity index (χ1n) is 11.5. The number of halogens is 1. The Morgan fingerprint density at radius 2 is 1.97 bits per heavy atom. The largest absolute Gasteiger partial charge is 0.493 e. The summed E-state index contributed by atoms with van der Waals surface area (Å²) in [5, 5.41) is 12.6. The molecule has 8 heteroatoms. The van der Waals surface area contributed by atoms with Crippen molar-refractivity contribution in [3.63, 3.8) is 0 Å². The first-order chi connectivity index (χ1) is 17.0. The average Bonchev–Trinajstić information content (AvgIpc) is 3.30. The van der Waals surface area contributed by atoms with Crippen molar-refractivity contribution in [3.8, 4) is 17.6 Å². The van der Waals surface area contributed by atoms with E-state index in [1.165, 1.54) is 42.4 Å². The molecular formula is C27H28FN3O3S. The van der Waals surface area contributed by atoms with Crippen LogP contribution in [0, 0.1) is 17.1 Å². The molecule has 0 saturated heterocycles. The van der Waals surface area contributed by atoms with Crippen LogP contribution >= 0.6 is 11.3 Å². The van der Waals surface area contributed by atoms with Gasteiger partial charge in [0.05, 0.1) is 13.7 Å². The molecule has 3 aromatic rings. The van der Waals surface area contributed by atoms with Gasteiger partial charge in [0.15, 0.2) is 16.6 Å². The minimum Gasteiger partial charge on any atom is -0.493 e. The van der Waals surface area contributed by atoms with Gasteiger partial charge in [-0.15, -0.1) is 11.3 Å². The summed E-state index contributed by atoms with van der Waals surface area (Å²) in [7, 11) is 1.55. The van der Waals surface area contributed by atoms with Gasteiger partial charge >= 0.3 is 0 Å². The summed E-state index contributed by atoms with van der Waals surface area (Å²) in [6, 6.07) is 13.5. The lowest BCUT2D eigenvalue weighted by Crippen LogP contribution is -2.13. The highest BCUT2D eigenvalue weighted by Gasteiger charge is 2.13. The fourth-order valence-electron chi connectivity index (χ4n) is 3.33. The molecule has 0 spiro atoms. The first kappa shape index (κ1) is 25.9. The maximum absolute atomic E-state index is 13.1. The zero-order valence-electron chi connectivity index (χ0n) is 19.8. The van der Waals surface area contributed by atoms with Crippen molar-refractivity contribution in [1.29, 1.82) is 5.26 Å². The van der Waals surface area contributed by atoms with E-state index in [0.717, 1.165) is 23.3 Å². The van der Waals surface area contributed by atoms with E-state index in [0.29, 0.717) is 35.2 Å². The van der Waals surface area contributed by atoms with Gasteiger partial charge in [0.25, 0.3) is 5.91 Å². The van der Waals surface area contributed by atoms with Gasteiger partial charge in [-0.3, -0.25) is 10.1 Å². The van der Waals surface area contributed by atoms with Crippen LogP contribution in [0.5, 0.6) is 11.5 Å². The summed E-state index contributed by atoms with van der Waals surface area (Å²) < 4.78 is 24.3. The maximum atomic E-state index is 13.1. The molecule has 0 bridgehead atoms. The van der Waals surface area contributed by atoms with Gasteiger partial charge in [-0.25, -0.2) is 9.37 Å². The van der Waals surface area contributed by atoms with Crippen LogP contribution in [0.3, 0.4) is 0 Å². The molecule has 0 aliphatic carbocycles. The fourth-order valence-corrected chi connectivity index (χ4v) is 4.18. The monoisotopic (exact) mass is 493 g/mol. The van der Waals surface area contributed by atoms with Crippen molar-refractivity contribution in [2.45, 2.75) is 39.0 Å². The quantitative estimate of drug-likeness (QED) is 0.180. The molecule has 3 rings (SSSR count). The van der Waals surface area contributed by atoms with Crippen LogP contribution < -0.4 is 14.8 Å². The maximum Gasteiger partial charge on any atom is 0.268 e. The number of nitrogens with one attached hydrogen (secondary N) is 1. The number of methoxy groups -OCH3 is 1. The molecule has 35 heavy (non-hydrogen) atoms. The van der Waals surface area contributed by atoms with Gasteiger partial charge in [0.1, 0.15) is 17.5 Å². The summed E-state index contributed by atoms with van der Waals surface area (Å²) in [6.45, 7) is 2.77. The van der Waals surface area contributed by atoms with Crippen molar-refractivity contribution in [2.24, 2.45) is 0 Å². The smallest absolute Gasteiger partial charge is 0.268 e. The van der Waals surface area contributed by atoms with Crippen molar-refractivity contribution in [1.82, 2.24) is 4.98 Å². The molecule has 1 N–H and O–H groups in total. The second-order valence-electron chi connectivity index (χ2n) is 7.88. The van der Waals surface area contributed by atoms with Crippen molar-refractivity contribution < 1.29 is 18.7 Å². The lowest BCUT2D eigenvalue weighted by atomic mass is 10.1. The van der Waals surface area contributed by atoms with E-state index in [2.05, 4.69) is 17.2 Å². The highest BCUT2D eigenvalue weighted by atomic mass is 32.1. The third-order valence-corrected chi connectivity index (χ3v) is 6.10. The van der Waals surface area contributed by atoms with E-state index in [-0.39, 0.29) is 11.4 Å². The minimum atomic E-state index is -0.551. The summed E-state index contributed by atoms with van der Waals surface area (Å²) in [4.78, 5) is 17.8. The van der Waals surface area contributed by atoms with Crippen LogP contribution in [0.4, 0.5) is 9.52 Å². The van der Waals surface area contributed by atoms with Crippen LogP contribution in [-0.2, 0) is 11.2 Å². The molecule has 1 aromatic heterocycles. The highest BCUT2D eigenvalue weighted by molar-refractivity contribution is 7.15. The number of carbonyl (C=O) groups excluding carboxylic acids is 1. The zero-order chi connectivity index (χ0) is 25.0. The van der Waals surface area contributed by atoms with Gasteiger partial charge in [0, 0.05) is 17.5 Å². The number of hydrogen-bond donors (Lipinski definition) is 1. The number of benzene rings is 2. The third-order valence-electron chi connectivity index (χ3n) is 5.18. The molecule has 182 valence electrons. The number of thiazole rings is 1. The number of ether oxygens (including phenoxy) is 2. The van der Waals surface area contributed by atoms with E-state index in [1.807, 2.05) is 6.07 Å². The van der Waals surface area contributed by atoms with E-state index in [9.17, 15) is 14.4 Å². The predicted octanol–water partition coefficient (Wildman–Crippen LogP) is 6.39. The average molecular weight is 494 g/mol. The second-order valence-corrected chi connectivity index (χ2v) is 8.99. The molecule has 6 nitrogen and oxygen atoms in total. The van der Waals surface area contributed by atoms with Crippen molar-refractivity contribution in [2.75, 3.05) is 19.0 Å². The number of anilines is 1. The lowest BCUT2D eigenvalue weighted by Gasteiger charge is -2.11. The summed E-state index contributed by atoms with van der Waals surface area (Å²) >= 11 is 1.30. The van der Waals surface area contributed by atoms with Gasteiger partial charge < -0.3 is 9.47 Å². The normalized spacial score (nSPS) is 11.1. The highest BCUT2D eigenvalue weighted by Crippen LogP contribution is 2.29. The zero-order valence-corrected chi connectivity index (χ0v) is 20.7. The standard InChI is InChI=1S/C27H28FN3O3S/c1-3-4-5-6-13-34-24-12-9-20(16-25(24)33-2)14-21(17-29)26(32)31-27-30-18-23(35-27)15-19-7-10-22(28)11-8-19/h7-12,14,16,18H,3-6,13,15H2,1-2H3,(H,30,31,32)/b21-14+. The van der Waals surface area contributed by atoms with Crippen LogP contribution in [0.2, 0.25) is 0 Å². The number of nitrogens with zero attached hydrogens (tertiary/aromatic N) is 2. The molecule has 0 aliphatic rings. The van der Waals surface area contributed by atoms with E-state index in [1.54, 1.807) is 43.6 Å². The summed E-state index contributed by atoms with van der Waals surface area (Å²) in [5.74, 6) is 0.326. The number of carbonyl (C=O) groups is 1. The molecule has 2 aromatic carbocycles. The molecule has 0 unspecified atom stereocenters. The molecule has 1 amide bonds. The number of hydrogen-bond acceptors (Lipinski definition) is 6. The lowest BCUT2D eigenvalue weighted by molar-refractivity contribution is -0.112. The van der Waals surface area contributed by atoms with Crippen LogP contribution in [0.15, 0.2) is 54.2 Å². The van der Waals surface area contributed by atoms with E-state index >= 15 is 0 Å². The van der Waals surface area contributed by atoms with Crippen LogP contribution in [0.1, 0.15) is 48.6 Å². The third kappa shape index (κ3) is 7.94. The Labute approximate surface area is 209 Å². The van der Waals surface area contributed by atoms with Crippen molar-refractivity contribution >= 4 is 28.5 Å². The molecule has 0 atom stereocenters. The number of rotatable bonds is 12. The molecule has 0 radical (unpaired) electrons. The topological polar surface area (TPSA) is 84.2 Å². The number of unbranched alkanes of at least 4 members (excludes halogenated alkanes) is 3. The Kier molecular flexibility index (Phi) is 9.81. The van der Waals surface area contributed by atoms with E-state index in [4.69, 9.17) is 9.47 Å². The number of nitriles is 1. The van der Waals surface area contributed by atoms with Gasteiger partial charge in [-0.1, -0.05) is 44.4 Å². The molecule has 0 aliphatic heterocycles. The fraction of sp³-hybridized carbons (Fsp3) is 0.296. The Morgan fingerprint density at radius 3 is 2.69 bits per heavy atom. The first-order valence-corrected chi connectivity index (χ1v) is 12.3. The second kappa shape index (κ2) is 13.3. The van der Waals surface area contributed by atoms with Gasteiger partial charge in [0.2, 0.25) is 0 Å². The number of amides is 1. The van der Waals surface area contributed by atoms with Gasteiger partial charge in [-0.05, 0) is 47.9 Å². The summed E-state index contributed by atoms with van der Waals surface area (Å²) in [5.41, 5.74) is 1.52. The Balaban J connectivity index is 1.63. The predicted molar refractivity (Wildman–Crippen MR) is 136 cm³/mol. The molecule has 0 fully saturated rings.